The number of nitrogens with zero attached hydrogens (tertiary/aromatic N) is 1. The average Bonchev–Trinajstić information content (AvgIpc) is 2.46. The molecule has 1 amide bonds. The van der Waals surface area contributed by atoms with Gasteiger partial charge in [-0.05, 0) is 51.8 Å². The summed E-state index contributed by atoms with van der Waals surface area (Å²) in [5, 5.41) is 14.8. The van der Waals surface area contributed by atoms with E-state index in [1.165, 1.54) is 0 Å². The molecule has 0 saturated carbocycles. The number of ketones is 1. The number of carbonyl (C=O) groups excluding carboxylic acids is 2. The van der Waals surface area contributed by atoms with Crippen molar-refractivity contribution in [1.82, 2.24) is 5.32 Å². The van der Waals surface area contributed by atoms with Crippen LogP contribution in [0, 0.1) is 18.3 Å². The van der Waals surface area contributed by atoms with E-state index in [1.807, 2.05) is 34.6 Å². The van der Waals surface area contributed by atoms with Crippen molar-refractivity contribution in [1.29, 1.82) is 5.26 Å². The number of nitrogens with one attached hydrogen (secondary N) is 2. The second-order valence-corrected chi connectivity index (χ2v) is 6.70. The minimum atomic E-state index is -0.659. The molecule has 5 nitrogen and oxygen atoms in total. The zero-order chi connectivity index (χ0) is 17.6. The molecule has 0 radical (unpaired) electrons. The quantitative estimate of drug-likeness (QED) is 0.791. The van der Waals surface area contributed by atoms with Crippen molar-refractivity contribution in [3.63, 3.8) is 0 Å². The Bertz CT molecular complexity index is 624. The van der Waals surface area contributed by atoms with Gasteiger partial charge in [-0.25, -0.2) is 0 Å². The Balaban J connectivity index is 2.86. The molecule has 0 fully saturated rings. The van der Waals surface area contributed by atoms with Crippen LogP contribution in [0.2, 0.25) is 0 Å². The predicted octanol–water partition coefficient (Wildman–Crippen LogP) is 2.93. The van der Waals surface area contributed by atoms with Crippen LogP contribution in [0.15, 0.2) is 18.2 Å². The molecule has 2 N–H and O–H groups in total. The first-order chi connectivity index (χ1) is 10.7. The van der Waals surface area contributed by atoms with Gasteiger partial charge in [0.2, 0.25) is 5.78 Å². The van der Waals surface area contributed by atoms with E-state index in [0.29, 0.717) is 17.7 Å². The third-order valence-electron chi connectivity index (χ3n) is 3.34. The lowest BCUT2D eigenvalue weighted by molar-refractivity contribution is -0.136. The van der Waals surface area contributed by atoms with Crippen molar-refractivity contribution in [2.24, 2.45) is 0 Å². The molecule has 0 saturated heterocycles. The van der Waals surface area contributed by atoms with Gasteiger partial charge >= 0.3 is 0 Å². The van der Waals surface area contributed by atoms with Crippen LogP contribution < -0.4 is 10.6 Å². The van der Waals surface area contributed by atoms with Crippen LogP contribution in [0.4, 0.5) is 5.69 Å². The van der Waals surface area contributed by atoms with Crippen LogP contribution >= 0.6 is 0 Å². The highest BCUT2D eigenvalue weighted by molar-refractivity contribution is 6.42. The van der Waals surface area contributed by atoms with Gasteiger partial charge in [0.15, 0.2) is 0 Å². The van der Waals surface area contributed by atoms with Crippen molar-refractivity contribution in [3.8, 4) is 6.07 Å². The Morgan fingerprint density at radius 2 is 1.96 bits per heavy atom. The molecule has 0 aromatic heterocycles. The van der Waals surface area contributed by atoms with Crippen LogP contribution in [-0.4, -0.2) is 23.3 Å². The average molecular weight is 315 g/mol. The maximum Gasteiger partial charge on any atom is 0.293 e. The molecule has 5 heteroatoms. The lowest BCUT2D eigenvalue weighted by atomic mass is 10.0. The maximum atomic E-state index is 12.4. The SMILES string of the molecule is CCCC(NC(C)(C)C)C(=O)C(=O)Nc1ccc(C)c(C#N)c1. The van der Waals surface area contributed by atoms with Crippen molar-refractivity contribution in [3.05, 3.63) is 29.3 Å². The van der Waals surface area contributed by atoms with E-state index >= 15 is 0 Å². The first-order valence-electron chi connectivity index (χ1n) is 7.81. The molecule has 1 atom stereocenters. The number of benzene rings is 1. The number of nitriles is 1. The zero-order valence-corrected chi connectivity index (χ0v) is 14.5. The monoisotopic (exact) mass is 315 g/mol. The van der Waals surface area contributed by atoms with E-state index in [2.05, 4.69) is 16.7 Å². The van der Waals surface area contributed by atoms with Crippen molar-refractivity contribution >= 4 is 17.4 Å². The summed E-state index contributed by atoms with van der Waals surface area (Å²) in [6, 6.07) is 6.56. The fraction of sp³-hybridized carbons (Fsp3) is 0.500. The first kappa shape index (κ1) is 18.9. The number of hydrogen-bond acceptors (Lipinski definition) is 4. The largest absolute Gasteiger partial charge is 0.319 e. The van der Waals surface area contributed by atoms with E-state index in [-0.39, 0.29) is 5.54 Å². The maximum absolute atomic E-state index is 12.4. The Morgan fingerprint density at radius 3 is 2.48 bits per heavy atom. The summed E-state index contributed by atoms with van der Waals surface area (Å²) >= 11 is 0. The number of carbonyl (C=O) groups is 2. The molecule has 1 aromatic carbocycles. The fourth-order valence-corrected chi connectivity index (χ4v) is 2.25. The summed E-state index contributed by atoms with van der Waals surface area (Å²) in [4.78, 5) is 24.6. The Morgan fingerprint density at radius 1 is 1.30 bits per heavy atom. The second kappa shape index (κ2) is 7.89. The molecule has 0 aliphatic rings. The molecule has 0 aliphatic carbocycles. The smallest absolute Gasteiger partial charge is 0.293 e. The molecule has 1 rings (SSSR count). The molecule has 1 aromatic rings. The highest BCUT2D eigenvalue weighted by Crippen LogP contribution is 2.15. The van der Waals surface area contributed by atoms with Crippen LogP contribution in [0.1, 0.15) is 51.7 Å². The number of anilines is 1. The highest BCUT2D eigenvalue weighted by Gasteiger charge is 2.28. The fourth-order valence-electron chi connectivity index (χ4n) is 2.25. The third kappa shape index (κ3) is 5.84. The molecule has 23 heavy (non-hydrogen) atoms. The molecule has 124 valence electrons. The van der Waals surface area contributed by atoms with E-state index in [9.17, 15) is 9.59 Å². The number of rotatable bonds is 6. The topological polar surface area (TPSA) is 82.0 Å². The van der Waals surface area contributed by atoms with Gasteiger partial charge in [0, 0.05) is 11.2 Å². The van der Waals surface area contributed by atoms with Crippen molar-refractivity contribution < 1.29 is 9.59 Å². The molecule has 0 heterocycles. The van der Waals surface area contributed by atoms with E-state index in [0.717, 1.165) is 12.0 Å². The van der Waals surface area contributed by atoms with Gasteiger partial charge in [0.05, 0.1) is 17.7 Å². The van der Waals surface area contributed by atoms with Crippen LogP contribution in [-0.2, 0) is 9.59 Å². The predicted molar refractivity (Wildman–Crippen MR) is 91.1 cm³/mol. The van der Waals surface area contributed by atoms with Crippen molar-refractivity contribution in [2.75, 3.05) is 5.32 Å². The van der Waals surface area contributed by atoms with Gasteiger partial charge in [-0.2, -0.15) is 5.26 Å². The van der Waals surface area contributed by atoms with Crippen molar-refractivity contribution in [2.45, 2.75) is 59.0 Å². The highest BCUT2D eigenvalue weighted by atomic mass is 16.2. The van der Waals surface area contributed by atoms with Gasteiger partial charge < -0.3 is 10.6 Å². The van der Waals surface area contributed by atoms with E-state index in [1.54, 1.807) is 18.2 Å². The van der Waals surface area contributed by atoms with Crippen LogP contribution in [0.25, 0.3) is 0 Å². The number of Topliss-reactive ketones (excluding diaryl/α,β-unsaturated/α-hetero) is 1. The summed E-state index contributed by atoms with van der Waals surface area (Å²) in [5.41, 5.74) is 1.51. The molecule has 1 unspecified atom stereocenters. The summed E-state index contributed by atoms with van der Waals surface area (Å²) < 4.78 is 0. The number of aryl methyl sites for hydroxylation is 1. The minimum Gasteiger partial charge on any atom is -0.319 e. The first-order valence-corrected chi connectivity index (χ1v) is 7.81. The van der Waals surface area contributed by atoms with Gasteiger partial charge in [-0.1, -0.05) is 19.4 Å². The summed E-state index contributed by atoms with van der Waals surface area (Å²) in [6.45, 7) is 9.67. The van der Waals surface area contributed by atoms with Gasteiger partial charge in [-0.15, -0.1) is 0 Å². The molecule has 0 spiro atoms. The van der Waals surface area contributed by atoms with Crippen LogP contribution in [0.3, 0.4) is 0 Å². The lowest BCUT2D eigenvalue weighted by Gasteiger charge is -2.27. The Kier molecular flexibility index (Phi) is 6.47. The van der Waals surface area contributed by atoms with Crippen LogP contribution in [0.5, 0.6) is 0 Å². The minimum absolute atomic E-state index is 0.256. The van der Waals surface area contributed by atoms with Gasteiger partial charge in [0.1, 0.15) is 0 Å². The lowest BCUT2D eigenvalue weighted by Crippen LogP contribution is -2.50. The Labute approximate surface area is 138 Å². The summed E-state index contributed by atoms with van der Waals surface area (Å²) in [6.07, 6.45) is 1.40. The Hall–Kier alpha value is -2.19. The number of amides is 1. The van der Waals surface area contributed by atoms with Gasteiger partial charge in [-0.3, -0.25) is 9.59 Å². The van der Waals surface area contributed by atoms with Gasteiger partial charge in [0.25, 0.3) is 5.91 Å². The number of hydrogen-bond donors (Lipinski definition) is 2. The van der Waals surface area contributed by atoms with E-state index in [4.69, 9.17) is 5.26 Å². The molecular formula is C18H25N3O2. The molecule has 0 aliphatic heterocycles. The van der Waals surface area contributed by atoms with E-state index < -0.39 is 17.7 Å². The normalized spacial score (nSPS) is 12.3. The summed E-state index contributed by atoms with van der Waals surface area (Å²) in [7, 11) is 0. The molecular weight excluding hydrogens is 290 g/mol. The third-order valence-corrected chi connectivity index (χ3v) is 3.34. The standard InChI is InChI=1S/C18H25N3O2/c1-6-7-15(21-18(3,4)5)16(22)17(23)20-14-9-8-12(2)13(10-14)11-19/h8-10,15,21H,6-7H2,1-5H3,(H,20,23). The molecule has 0 bridgehead atoms. The zero-order valence-electron chi connectivity index (χ0n) is 14.5. The summed E-state index contributed by atoms with van der Waals surface area (Å²) in [5.74, 6) is -1.14. The second-order valence-electron chi connectivity index (χ2n) is 6.70.